The quantitative estimate of drug-likeness (QED) is 0.0858. The first-order valence-electron chi connectivity index (χ1n) is 19.5. The Balaban J connectivity index is 0.000000233. The number of fused-ring (bicyclic) bond motifs is 2. The minimum Gasteiger partial charge on any atom is -1.00 e. The number of aryl methyl sites for hydroxylation is 2. The number of rotatable bonds is 7. The number of hydrogen-bond acceptors (Lipinski definition) is 0. The molecule has 0 unspecified atom stereocenters. The first-order valence-corrected chi connectivity index (χ1v) is 25.7. The van der Waals surface area contributed by atoms with Gasteiger partial charge in [-0.15, -0.1) is 68.6 Å². The molecule has 0 aliphatic carbocycles. The summed E-state index contributed by atoms with van der Waals surface area (Å²) in [4.78, 5) is 0. The van der Waals surface area contributed by atoms with Crippen LogP contribution in [0.15, 0.2) is 206 Å². The van der Waals surface area contributed by atoms with Gasteiger partial charge in [0.05, 0.1) is 0 Å². The van der Waals surface area contributed by atoms with Crippen LogP contribution in [0.5, 0.6) is 0 Å². The molecule has 0 radical (unpaired) electrons. The van der Waals surface area contributed by atoms with Gasteiger partial charge < -0.3 is 24.8 Å². The number of halogens is 2. The zero-order valence-electron chi connectivity index (χ0n) is 33.6. The Hall–Kier alpha value is -4.56. The minimum absolute atomic E-state index is 0. The van der Waals surface area contributed by atoms with E-state index in [1.54, 1.807) is 23.3 Å². The SMILES string of the molecule is C[Si](C)=[Zr+2].Cc1cc2c(-c3ccccc3)ccc(C)c2[cH-]1.[Cl-].[Cl-].c1ccc(-c2cccc3[cH-]c(CC(c4ccccc4)(c4ccccc4)c4ccccc4)cc23)cc1. The topological polar surface area (TPSA) is 0 Å². The van der Waals surface area contributed by atoms with E-state index in [0.717, 1.165) is 6.42 Å². The van der Waals surface area contributed by atoms with Crippen LogP contribution in [0.2, 0.25) is 13.1 Å². The summed E-state index contributed by atoms with van der Waals surface area (Å²) in [6.07, 6.45) is 0.883. The van der Waals surface area contributed by atoms with E-state index in [0.29, 0.717) is 0 Å². The summed E-state index contributed by atoms with van der Waals surface area (Å²) in [6.45, 7) is 8.96. The molecule has 0 nitrogen and oxygen atoms in total. The summed E-state index contributed by atoms with van der Waals surface area (Å²) in [5.74, 6) is 0. The van der Waals surface area contributed by atoms with Crippen LogP contribution in [-0.4, -0.2) is 5.43 Å². The predicted octanol–water partition coefficient (Wildman–Crippen LogP) is 8.44. The van der Waals surface area contributed by atoms with Crippen LogP contribution in [0, 0.1) is 13.8 Å². The molecule has 0 N–H and O–H groups in total. The maximum absolute atomic E-state index is 2.40. The van der Waals surface area contributed by atoms with Crippen LogP contribution in [-0.2, 0) is 35.2 Å². The van der Waals surface area contributed by atoms with Gasteiger partial charge >= 0.3 is 41.9 Å². The summed E-state index contributed by atoms with van der Waals surface area (Å²) in [7, 11) is 0. The molecular weight excluding hydrogens is 839 g/mol. The first-order chi connectivity index (χ1) is 27.3. The van der Waals surface area contributed by atoms with Crippen LogP contribution in [0.25, 0.3) is 43.8 Å². The van der Waals surface area contributed by atoms with Crippen molar-refractivity contribution in [2.45, 2.75) is 38.8 Å². The van der Waals surface area contributed by atoms with Gasteiger partial charge in [-0.2, -0.15) is 12.1 Å². The second kappa shape index (κ2) is 20.9. The predicted molar refractivity (Wildman–Crippen MR) is 240 cm³/mol. The van der Waals surface area contributed by atoms with Crippen LogP contribution in [0.4, 0.5) is 0 Å². The summed E-state index contributed by atoms with van der Waals surface area (Å²) in [5, 5.41) is 5.36. The van der Waals surface area contributed by atoms with Crippen LogP contribution < -0.4 is 24.8 Å². The zero-order valence-corrected chi connectivity index (χ0v) is 38.6. The van der Waals surface area contributed by atoms with Gasteiger partial charge in [-0.25, -0.2) is 0 Å². The Bertz CT molecular complexity index is 2550. The Morgan fingerprint density at radius 3 is 1.38 bits per heavy atom. The van der Waals surface area contributed by atoms with Gasteiger partial charge in [-0.05, 0) is 34.2 Å². The molecule has 0 aliphatic heterocycles. The molecule has 0 fully saturated rings. The molecule has 9 aromatic carbocycles. The third-order valence-electron chi connectivity index (χ3n) is 10.5. The maximum Gasteiger partial charge on any atom is 0.0475 e. The molecule has 0 atom stereocenters. The Morgan fingerprint density at radius 1 is 0.483 bits per heavy atom. The van der Waals surface area contributed by atoms with E-state index >= 15 is 0 Å². The fourth-order valence-corrected chi connectivity index (χ4v) is 8.01. The molecule has 9 aromatic rings. The van der Waals surface area contributed by atoms with Crippen molar-refractivity contribution in [1.82, 2.24) is 0 Å². The molecule has 4 heteroatoms. The molecule has 288 valence electrons. The van der Waals surface area contributed by atoms with Crippen molar-refractivity contribution < 1.29 is 48.1 Å². The van der Waals surface area contributed by atoms with E-state index in [4.69, 9.17) is 0 Å². The summed E-state index contributed by atoms with van der Waals surface area (Å²) < 4.78 is 0. The number of hydrogen-bond donors (Lipinski definition) is 0. The van der Waals surface area contributed by atoms with E-state index < -0.39 is 0 Å². The minimum atomic E-state index is -0.291. The van der Waals surface area contributed by atoms with Crippen LogP contribution in [0.1, 0.15) is 33.4 Å². The van der Waals surface area contributed by atoms with Gasteiger partial charge in [0.25, 0.3) is 0 Å². The van der Waals surface area contributed by atoms with Crippen molar-refractivity contribution in [3.05, 3.63) is 240 Å². The molecule has 0 aromatic heterocycles. The molecular formula is C54H48Cl2SiZr-2. The average Bonchev–Trinajstić information content (AvgIpc) is 3.85. The normalized spacial score (nSPS) is 10.7. The van der Waals surface area contributed by atoms with Gasteiger partial charge in [-0.3, -0.25) is 0 Å². The molecule has 0 heterocycles. The first kappa shape index (κ1) is 44.5. The fourth-order valence-electron chi connectivity index (χ4n) is 8.01. The Kier molecular flexibility index (Phi) is 16.1. The van der Waals surface area contributed by atoms with Crippen LogP contribution >= 0.6 is 0 Å². The second-order valence-corrected chi connectivity index (χ2v) is 24.2. The summed E-state index contributed by atoms with van der Waals surface area (Å²) >= 11 is 1.74. The van der Waals surface area contributed by atoms with Crippen molar-refractivity contribution in [1.29, 1.82) is 0 Å². The second-order valence-electron chi connectivity index (χ2n) is 14.9. The molecule has 9 rings (SSSR count). The summed E-state index contributed by atoms with van der Waals surface area (Å²) in [5.41, 5.74) is 13.1. The van der Waals surface area contributed by atoms with Gasteiger partial charge in [0.15, 0.2) is 0 Å². The van der Waals surface area contributed by atoms with E-state index in [-0.39, 0.29) is 35.7 Å². The average molecular weight is 887 g/mol. The molecule has 0 aliphatic rings. The molecule has 0 saturated carbocycles. The third kappa shape index (κ3) is 10.2. The van der Waals surface area contributed by atoms with Crippen molar-refractivity contribution >= 4 is 27.0 Å². The number of benzene rings is 7. The zero-order chi connectivity index (χ0) is 38.9. The van der Waals surface area contributed by atoms with Gasteiger partial charge in [0.1, 0.15) is 0 Å². The van der Waals surface area contributed by atoms with Crippen molar-refractivity contribution in [2.75, 3.05) is 0 Å². The van der Waals surface area contributed by atoms with E-state index in [1.165, 1.54) is 77.2 Å². The van der Waals surface area contributed by atoms with Gasteiger partial charge in [0.2, 0.25) is 0 Å². The van der Waals surface area contributed by atoms with Crippen LogP contribution in [0.3, 0.4) is 0 Å². The molecule has 0 spiro atoms. The Morgan fingerprint density at radius 2 is 0.914 bits per heavy atom. The maximum atomic E-state index is 2.40. The van der Waals surface area contributed by atoms with Crippen molar-refractivity contribution in [3.63, 3.8) is 0 Å². The molecule has 58 heavy (non-hydrogen) atoms. The fraction of sp³-hybridized carbons (Fsp3) is 0.111. The van der Waals surface area contributed by atoms with E-state index in [9.17, 15) is 0 Å². The summed E-state index contributed by atoms with van der Waals surface area (Å²) in [6, 6.07) is 74.6. The molecule has 0 saturated heterocycles. The van der Waals surface area contributed by atoms with E-state index in [2.05, 4.69) is 233 Å². The molecule has 0 amide bonds. The van der Waals surface area contributed by atoms with Crippen molar-refractivity contribution in [2.24, 2.45) is 0 Å². The largest absolute Gasteiger partial charge is 1.00 e. The van der Waals surface area contributed by atoms with E-state index in [1.807, 2.05) is 0 Å². The monoisotopic (exact) mass is 884 g/mol. The smallest absolute Gasteiger partial charge is 0.0475 e. The van der Waals surface area contributed by atoms with Gasteiger partial charge in [0, 0.05) is 5.41 Å². The standard InChI is InChI=1S/C35H27.C17H15.C2H6Si.2ClH.Zr/c1-5-14-28(15-6-1)33-23-13-16-29-24-27(25-34(29)33)26-35(30-17-7-2-8-18-30,31-19-9-3-10-20-31)32-21-11-4-12-22-32;1-12-10-16-13(2)8-9-15(17(16)11-12)14-6-4-3-5-7-14;1-3-2;;;/h1-25H,26H2;3-11H,1-2H3;1-2H3;2*1H;/q2*-1;;;;+2/p-2. The van der Waals surface area contributed by atoms with Gasteiger partial charge in [-0.1, -0.05) is 189 Å². The third-order valence-corrected chi connectivity index (χ3v) is 10.5. The Labute approximate surface area is 372 Å². The van der Waals surface area contributed by atoms with Crippen molar-refractivity contribution in [3.8, 4) is 22.3 Å². The molecule has 0 bridgehead atoms.